The fourth-order valence-electron chi connectivity index (χ4n) is 2.67. The minimum atomic E-state index is 0.101. The van der Waals surface area contributed by atoms with Gasteiger partial charge in [0.25, 0.3) is 0 Å². The minimum absolute atomic E-state index is 0.101. The first kappa shape index (κ1) is 14.5. The highest BCUT2D eigenvalue weighted by molar-refractivity contribution is 5.78. The molecule has 1 amide bonds. The molecule has 1 rings (SSSR count). The van der Waals surface area contributed by atoms with Gasteiger partial charge in [0.15, 0.2) is 0 Å². The van der Waals surface area contributed by atoms with Crippen LogP contribution in [0.15, 0.2) is 0 Å². The number of carbonyl (C=O) groups is 1. The van der Waals surface area contributed by atoms with Crippen LogP contribution in [-0.2, 0) is 4.79 Å². The fraction of sp³-hybridized carbons (Fsp3) is 0.929. The van der Waals surface area contributed by atoms with E-state index in [0.29, 0.717) is 18.5 Å². The van der Waals surface area contributed by atoms with E-state index in [9.17, 15) is 4.79 Å². The lowest BCUT2D eigenvalue weighted by molar-refractivity contribution is -0.125. The summed E-state index contributed by atoms with van der Waals surface area (Å²) in [6.07, 6.45) is 8.41. The molecule has 0 bridgehead atoms. The lowest BCUT2D eigenvalue weighted by Crippen LogP contribution is -2.41. The molecule has 100 valence electrons. The van der Waals surface area contributed by atoms with E-state index < -0.39 is 0 Å². The van der Waals surface area contributed by atoms with Gasteiger partial charge in [-0.05, 0) is 45.1 Å². The summed E-state index contributed by atoms with van der Waals surface area (Å²) >= 11 is 0. The van der Waals surface area contributed by atoms with Gasteiger partial charge < -0.3 is 11.1 Å². The first-order valence-corrected chi connectivity index (χ1v) is 7.15. The van der Waals surface area contributed by atoms with E-state index in [1.165, 1.54) is 32.1 Å². The van der Waals surface area contributed by atoms with E-state index in [-0.39, 0.29) is 11.8 Å². The minimum Gasteiger partial charge on any atom is -0.353 e. The molecule has 1 aliphatic carbocycles. The largest absolute Gasteiger partial charge is 0.353 e. The molecule has 1 unspecified atom stereocenters. The van der Waals surface area contributed by atoms with Crippen LogP contribution in [0.5, 0.6) is 0 Å². The molecular weight excluding hydrogens is 212 g/mol. The van der Waals surface area contributed by atoms with E-state index in [1.807, 2.05) is 6.92 Å². The molecule has 0 aromatic carbocycles. The predicted octanol–water partition coefficient (Wildman–Crippen LogP) is 2.45. The second-order valence-electron chi connectivity index (χ2n) is 5.53. The van der Waals surface area contributed by atoms with Crippen LogP contribution < -0.4 is 11.1 Å². The number of amides is 1. The molecule has 0 spiro atoms. The van der Waals surface area contributed by atoms with Gasteiger partial charge in [-0.25, -0.2) is 0 Å². The molecule has 0 heterocycles. The summed E-state index contributed by atoms with van der Waals surface area (Å²) in [5, 5.41) is 3.18. The van der Waals surface area contributed by atoms with Crippen LogP contribution in [0.1, 0.15) is 58.8 Å². The van der Waals surface area contributed by atoms with Gasteiger partial charge in [0.05, 0.1) is 0 Å². The molecule has 0 aliphatic heterocycles. The van der Waals surface area contributed by atoms with E-state index in [1.54, 1.807) is 0 Å². The molecule has 1 aliphatic rings. The monoisotopic (exact) mass is 240 g/mol. The number of hydrogen-bond donors (Lipinski definition) is 2. The SMILES string of the molecule is CC(CCCN)C(=O)N[C@H](C)C1CCCCC1. The Balaban J connectivity index is 2.28. The molecule has 0 radical (unpaired) electrons. The van der Waals surface area contributed by atoms with Crippen molar-refractivity contribution < 1.29 is 4.79 Å². The van der Waals surface area contributed by atoms with E-state index in [0.717, 1.165) is 12.8 Å². The highest BCUT2D eigenvalue weighted by atomic mass is 16.1. The van der Waals surface area contributed by atoms with Gasteiger partial charge in [-0.1, -0.05) is 26.2 Å². The van der Waals surface area contributed by atoms with Crippen LogP contribution in [0.25, 0.3) is 0 Å². The molecule has 1 fully saturated rings. The van der Waals surface area contributed by atoms with Gasteiger partial charge in [0.1, 0.15) is 0 Å². The van der Waals surface area contributed by atoms with Gasteiger partial charge in [-0.3, -0.25) is 4.79 Å². The van der Waals surface area contributed by atoms with Crippen LogP contribution >= 0.6 is 0 Å². The summed E-state index contributed by atoms with van der Waals surface area (Å²) in [4.78, 5) is 12.0. The van der Waals surface area contributed by atoms with Crippen molar-refractivity contribution in [3.63, 3.8) is 0 Å². The van der Waals surface area contributed by atoms with E-state index in [4.69, 9.17) is 5.73 Å². The Hall–Kier alpha value is -0.570. The zero-order valence-corrected chi connectivity index (χ0v) is 11.4. The molecular formula is C14H28N2O. The Morgan fingerprint density at radius 1 is 1.29 bits per heavy atom. The van der Waals surface area contributed by atoms with Crippen LogP contribution in [0.2, 0.25) is 0 Å². The summed E-state index contributed by atoms with van der Waals surface area (Å²) in [5.74, 6) is 0.996. The van der Waals surface area contributed by atoms with Crippen molar-refractivity contribution in [2.75, 3.05) is 6.54 Å². The third-order valence-electron chi connectivity index (χ3n) is 4.02. The van der Waals surface area contributed by atoms with Crippen LogP contribution in [-0.4, -0.2) is 18.5 Å². The molecule has 0 aromatic rings. The summed E-state index contributed by atoms with van der Waals surface area (Å²) < 4.78 is 0. The lowest BCUT2D eigenvalue weighted by atomic mass is 9.84. The number of nitrogens with one attached hydrogen (secondary N) is 1. The molecule has 3 N–H and O–H groups in total. The van der Waals surface area contributed by atoms with Gasteiger partial charge >= 0.3 is 0 Å². The quantitative estimate of drug-likeness (QED) is 0.749. The van der Waals surface area contributed by atoms with Crippen LogP contribution in [0.4, 0.5) is 0 Å². The zero-order chi connectivity index (χ0) is 12.7. The van der Waals surface area contributed by atoms with Crippen molar-refractivity contribution in [2.24, 2.45) is 17.6 Å². The van der Waals surface area contributed by atoms with Gasteiger partial charge in [0, 0.05) is 12.0 Å². The molecule has 3 heteroatoms. The second-order valence-corrected chi connectivity index (χ2v) is 5.53. The van der Waals surface area contributed by atoms with Gasteiger partial charge in [-0.2, -0.15) is 0 Å². The average Bonchev–Trinajstić information content (AvgIpc) is 2.36. The normalized spacial score (nSPS) is 20.9. The maximum atomic E-state index is 12.0. The third kappa shape index (κ3) is 5.07. The Labute approximate surface area is 106 Å². The standard InChI is InChI=1S/C14H28N2O/c1-11(7-6-10-15)14(17)16-12(2)13-8-4-3-5-9-13/h11-13H,3-10,15H2,1-2H3,(H,16,17)/t11?,12-/m1/s1. The molecule has 1 saturated carbocycles. The molecule has 0 saturated heterocycles. The molecule has 0 aromatic heterocycles. The molecule has 2 atom stereocenters. The van der Waals surface area contributed by atoms with E-state index >= 15 is 0 Å². The van der Waals surface area contributed by atoms with Crippen molar-refractivity contribution in [1.82, 2.24) is 5.32 Å². The van der Waals surface area contributed by atoms with Crippen LogP contribution in [0.3, 0.4) is 0 Å². The van der Waals surface area contributed by atoms with Crippen molar-refractivity contribution in [3.05, 3.63) is 0 Å². The summed E-state index contributed by atoms with van der Waals surface area (Å²) in [5.41, 5.74) is 5.46. The van der Waals surface area contributed by atoms with Crippen LogP contribution in [0, 0.1) is 11.8 Å². The lowest BCUT2D eigenvalue weighted by Gasteiger charge is -2.29. The highest BCUT2D eigenvalue weighted by Gasteiger charge is 2.22. The predicted molar refractivity (Wildman–Crippen MR) is 71.6 cm³/mol. The van der Waals surface area contributed by atoms with Crippen molar-refractivity contribution in [1.29, 1.82) is 0 Å². The molecule has 17 heavy (non-hydrogen) atoms. The van der Waals surface area contributed by atoms with Crippen molar-refractivity contribution in [2.45, 2.75) is 64.8 Å². The Bertz CT molecular complexity index is 224. The maximum absolute atomic E-state index is 12.0. The van der Waals surface area contributed by atoms with Crippen molar-refractivity contribution in [3.8, 4) is 0 Å². The number of carbonyl (C=O) groups excluding carboxylic acids is 1. The summed E-state index contributed by atoms with van der Waals surface area (Å²) in [6, 6.07) is 0.336. The Morgan fingerprint density at radius 3 is 2.53 bits per heavy atom. The average molecular weight is 240 g/mol. The van der Waals surface area contributed by atoms with Crippen molar-refractivity contribution >= 4 is 5.91 Å². The maximum Gasteiger partial charge on any atom is 0.223 e. The Morgan fingerprint density at radius 2 is 1.94 bits per heavy atom. The van der Waals surface area contributed by atoms with Gasteiger partial charge in [-0.15, -0.1) is 0 Å². The first-order valence-electron chi connectivity index (χ1n) is 7.15. The zero-order valence-electron chi connectivity index (χ0n) is 11.4. The fourth-order valence-corrected chi connectivity index (χ4v) is 2.67. The van der Waals surface area contributed by atoms with Gasteiger partial charge in [0.2, 0.25) is 5.91 Å². The third-order valence-corrected chi connectivity index (χ3v) is 4.02. The molecule has 3 nitrogen and oxygen atoms in total. The smallest absolute Gasteiger partial charge is 0.223 e. The topological polar surface area (TPSA) is 55.1 Å². The highest BCUT2D eigenvalue weighted by Crippen LogP contribution is 2.26. The Kier molecular flexibility index (Phi) is 6.56. The summed E-state index contributed by atoms with van der Waals surface area (Å²) in [7, 11) is 0. The number of nitrogens with two attached hydrogens (primary N) is 1. The van der Waals surface area contributed by atoms with E-state index in [2.05, 4.69) is 12.2 Å². The summed E-state index contributed by atoms with van der Waals surface area (Å²) in [6.45, 7) is 4.83. The number of hydrogen-bond acceptors (Lipinski definition) is 2. The second kappa shape index (κ2) is 7.70. The first-order chi connectivity index (χ1) is 8.15. The number of rotatable bonds is 6.